The highest BCUT2D eigenvalue weighted by Crippen LogP contribution is 2.29. The Balaban J connectivity index is 1.76. The van der Waals surface area contributed by atoms with Gasteiger partial charge in [-0.25, -0.2) is 9.78 Å². The molecule has 1 N–H and O–H groups in total. The van der Waals surface area contributed by atoms with Crippen LogP contribution >= 0.6 is 34.5 Å². The average molecular weight is 386 g/mol. The number of halogens is 2. The number of fused-ring (bicyclic) bond motifs is 1. The fourth-order valence-corrected chi connectivity index (χ4v) is 3.76. The number of nitrogens with one attached hydrogen (secondary N) is 1. The zero-order valence-electron chi connectivity index (χ0n) is 12.6. The summed E-state index contributed by atoms with van der Waals surface area (Å²) in [5.41, 5.74) is 1.17. The number of carbonyl (C=O) groups excluding carboxylic acids is 2. The van der Waals surface area contributed by atoms with Gasteiger partial charge in [-0.15, -0.1) is 0 Å². The summed E-state index contributed by atoms with van der Waals surface area (Å²) < 4.78 is 4.73. The second-order valence-electron chi connectivity index (χ2n) is 5.11. The Kier molecular flexibility index (Phi) is 4.93. The summed E-state index contributed by atoms with van der Waals surface area (Å²) in [4.78, 5) is 30.9. The molecule has 0 atom stereocenters. The van der Waals surface area contributed by atoms with Gasteiger partial charge < -0.3 is 9.64 Å². The van der Waals surface area contributed by atoms with Crippen LogP contribution in [0.15, 0.2) is 18.2 Å². The van der Waals surface area contributed by atoms with E-state index < -0.39 is 0 Å². The fourth-order valence-electron chi connectivity index (χ4n) is 2.37. The van der Waals surface area contributed by atoms with Gasteiger partial charge >= 0.3 is 6.09 Å². The third kappa shape index (κ3) is 3.48. The van der Waals surface area contributed by atoms with Crippen LogP contribution in [0.1, 0.15) is 20.9 Å². The van der Waals surface area contributed by atoms with E-state index in [0.717, 1.165) is 10.6 Å². The van der Waals surface area contributed by atoms with Crippen LogP contribution in [0.5, 0.6) is 0 Å². The second kappa shape index (κ2) is 6.96. The first-order chi connectivity index (χ1) is 11.5. The van der Waals surface area contributed by atoms with Crippen LogP contribution in [-0.4, -0.2) is 35.5 Å². The summed E-state index contributed by atoms with van der Waals surface area (Å²) in [6, 6.07) is 4.69. The van der Waals surface area contributed by atoms with Gasteiger partial charge in [0.15, 0.2) is 5.13 Å². The lowest BCUT2D eigenvalue weighted by Crippen LogP contribution is -2.35. The number of aromatic nitrogens is 1. The smallest absolute Gasteiger partial charge is 0.409 e. The Morgan fingerprint density at radius 3 is 2.92 bits per heavy atom. The molecule has 1 aliphatic rings. The topological polar surface area (TPSA) is 71.5 Å². The van der Waals surface area contributed by atoms with Crippen molar-refractivity contribution in [1.29, 1.82) is 0 Å². The normalized spacial score (nSPS) is 13.4. The molecule has 0 bridgehead atoms. The van der Waals surface area contributed by atoms with Gasteiger partial charge in [0, 0.05) is 22.9 Å². The van der Waals surface area contributed by atoms with E-state index >= 15 is 0 Å². The SMILES string of the molecule is COC(=O)N1CCc2nc(NC(=O)c3cc(Cl)ccc3Cl)sc2C1. The first-order valence-corrected chi connectivity index (χ1v) is 8.63. The molecule has 1 aromatic carbocycles. The van der Waals surface area contributed by atoms with Crippen molar-refractivity contribution in [3.63, 3.8) is 0 Å². The molecule has 126 valence electrons. The van der Waals surface area contributed by atoms with E-state index in [-0.39, 0.29) is 17.6 Å². The summed E-state index contributed by atoms with van der Waals surface area (Å²) in [6.45, 7) is 0.963. The molecule has 2 aromatic rings. The van der Waals surface area contributed by atoms with Crippen molar-refractivity contribution >= 4 is 51.7 Å². The highest BCUT2D eigenvalue weighted by molar-refractivity contribution is 7.15. The fraction of sp³-hybridized carbons (Fsp3) is 0.267. The van der Waals surface area contributed by atoms with Crippen molar-refractivity contribution in [2.24, 2.45) is 0 Å². The first kappa shape index (κ1) is 17.0. The number of hydrogen-bond acceptors (Lipinski definition) is 5. The van der Waals surface area contributed by atoms with E-state index in [0.29, 0.717) is 34.7 Å². The second-order valence-corrected chi connectivity index (χ2v) is 7.04. The van der Waals surface area contributed by atoms with Gasteiger partial charge in [0.05, 0.1) is 29.9 Å². The monoisotopic (exact) mass is 385 g/mol. The molecule has 0 radical (unpaired) electrons. The van der Waals surface area contributed by atoms with Crippen molar-refractivity contribution in [2.75, 3.05) is 19.0 Å². The number of carbonyl (C=O) groups is 2. The van der Waals surface area contributed by atoms with Gasteiger partial charge in [-0.3, -0.25) is 10.1 Å². The average Bonchev–Trinajstić information content (AvgIpc) is 2.97. The van der Waals surface area contributed by atoms with Gasteiger partial charge in [-0.1, -0.05) is 34.5 Å². The maximum Gasteiger partial charge on any atom is 0.409 e. The van der Waals surface area contributed by atoms with Gasteiger partial charge in [-0.2, -0.15) is 0 Å². The van der Waals surface area contributed by atoms with Crippen molar-refractivity contribution in [3.05, 3.63) is 44.4 Å². The Morgan fingerprint density at radius 1 is 1.38 bits per heavy atom. The lowest BCUT2D eigenvalue weighted by Gasteiger charge is -2.24. The van der Waals surface area contributed by atoms with Gasteiger partial charge in [-0.05, 0) is 18.2 Å². The number of thiazole rings is 1. The van der Waals surface area contributed by atoms with Crippen molar-refractivity contribution in [3.8, 4) is 0 Å². The minimum absolute atomic E-state index is 0.286. The van der Waals surface area contributed by atoms with E-state index in [1.54, 1.807) is 17.0 Å². The highest BCUT2D eigenvalue weighted by atomic mass is 35.5. The molecule has 3 rings (SSSR count). The predicted molar refractivity (Wildman–Crippen MR) is 93.0 cm³/mol. The molecule has 2 heterocycles. The third-order valence-corrected chi connectivity index (χ3v) is 5.12. The lowest BCUT2D eigenvalue weighted by molar-refractivity contribution is 0.102. The molecule has 6 nitrogen and oxygen atoms in total. The zero-order valence-corrected chi connectivity index (χ0v) is 15.0. The minimum Gasteiger partial charge on any atom is -0.453 e. The molecule has 24 heavy (non-hydrogen) atoms. The predicted octanol–water partition coefficient (Wildman–Crippen LogP) is 3.83. The first-order valence-electron chi connectivity index (χ1n) is 7.06. The van der Waals surface area contributed by atoms with Crippen LogP contribution < -0.4 is 5.32 Å². The van der Waals surface area contributed by atoms with Crippen molar-refractivity contribution < 1.29 is 14.3 Å². The summed E-state index contributed by atoms with van der Waals surface area (Å²) in [5.74, 6) is -0.376. The maximum absolute atomic E-state index is 12.3. The quantitative estimate of drug-likeness (QED) is 0.852. The molecule has 1 aromatic heterocycles. The standard InChI is InChI=1S/C15H13Cl2N3O3S/c1-23-15(22)20-5-4-11-12(7-20)24-14(18-11)19-13(21)9-6-8(16)2-3-10(9)17/h2-3,6H,4-5,7H2,1H3,(H,18,19,21). The van der Waals surface area contributed by atoms with Crippen LogP contribution in [0.3, 0.4) is 0 Å². The van der Waals surface area contributed by atoms with Crippen LogP contribution in [-0.2, 0) is 17.7 Å². The molecule has 2 amide bonds. The number of hydrogen-bond donors (Lipinski definition) is 1. The van der Waals surface area contributed by atoms with Crippen LogP contribution in [0, 0.1) is 0 Å². The third-order valence-electron chi connectivity index (χ3n) is 3.56. The number of nitrogens with zero attached hydrogens (tertiary/aromatic N) is 2. The lowest BCUT2D eigenvalue weighted by atomic mass is 10.2. The van der Waals surface area contributed by atoms with Gasteiger partial charge in [0.25, 0.3) is 5.91 Å². The number of amides is 2. The molecule has 0 saturated carbocycles. The van der Waals surface area contributed by atoms with E-state index in [1.807, 2.05) is 0 Å². The van der Waals surface area contributed by atoms with E-state index in [2.05, 4.69) is 10.3 Å². The Labute approximate surface area is 152 Å². The maximum atomic E-state index is 12.3. The Hall–Kier alpha value is -1.83. The molecular formula is C15H13Cl2N3O3S. The molecular weight excluding hydrogens is 373 g/mol. The van der Waals surface area contributed by atoms with E-state index in [9.17, 15) is 9.59 Å². The summed E-state index contributed by atoms with van der Waals surface area (Å²) in [5, 5.41) is 3.94. The molecule has 0 fully saturated rings. The highest BCUT2D eigenvalue weighted by Gasteiger charge is 2.25. The number of ether oxygens (including phenoxy) is 1. The largest absolute Gasteiger partial charge is 0.453 e. The van der Waals surface area contributed by atoms with Crippen LogP contribution in [0.4, 0.5) is 9.93 Å². The molecule has 9 heteroatoms. The minimum atomic E-state index is -0.376. The zero-order chi connectivity index (χ0) is 17.3. The molecule has 0 spiro atoms. The van der Waals surface area contributed by atoms with Gasteiger partial charge in [0.1, 0.15) is 0 Å². The number of methoxy groups -OCH3 is 1. The number of benzene rings is 1. The van der Waals surface area contributed by atoms with Gasteiger partial charge in [0.2, 0.25) is 0 Å². The van der Waals surface area contributed by atoms with Crippen molar-refractivity contribution in [2.45, 2.75) is 13.0 Å². The molecule has 0 saturated heterocycles. The van der Waals surface area contributed by atoms with Crippen LogP contribution in [0.25, 0.3) is 0 Å². The summed E-state index contributed by atoms with van der Waals surface area (Å²) in [7, 11) is 1.35. The summed E-state index contributed by atoms with van der Waals surface area (Å²) >= 11 is 13.3. The molecule has 0 aliphatic carbocycles. The number of anilines is 1. The number of rotatable bonds is 2. The Morgan fingerprint density at radius 2 is 2.17 bits per heavy atom. The summed E-state index contributed by atoms with van der Waals surface area (Å²) in [6.07, 6.45) is 0.250. The van der Waals surface area contributed by atoms with E-state index in [4.69, 9.17) is 27.9 Å². The Bertz CT molecular complexity index is 809. The van der Waals surface area contributed by atoms with Crippen molar-refractivity contribution in [1.82, 2.24) is 9.88 Å². The molecule has 0 unspecified atom stereocenters. The van der Waals surface area contributed by atoms with E-state index in [1.165, 1.54) is 24.5 Å². The molecule has 1 aliphatic heterocycles. The van der Waals surface area contributed by atoms with Crippen LogP contribution in [0.2, 0.25) is 10.0 Å².